The van der Waals surface area contributed by atoms with E-state index in [2.05, 4.69) is 56.2 Å². The summed E-state index contributed by atoms with van der Waals surface area (Å²) in [6.07, 6.45) is 6.60. The van der Waals surface area contributed by atoms with E-state index in [1.165, 1.54) is 71.4 Å². The van der Waals surface area contributed by atoms with Crippen LogP contribution >= 0.6 is 0 Å². The third-order valence-electron chi connectivity index (χ3n) is 5.36. The molecular formula is C20H47N3OSi. The van der Waals surface area contributed by atoms with Gasteiger partial charge in [-0.3, -0.25) is 0 Å². The molecule has 0 fully saturated rings. The summed E-state index contributed by atoms with van der Waals surface area (Å²) in [5.41, 5.74) is 0. The van der Waals surface area contributed by atoms with Crippen molar-refractivity contribution < 1.29 is 4.43 Å². The fraction of sp³-hybridized carbons (Fsp3) is 1.00. The zero-order valence-corrected chi connectivity index (χ0v) is 19.6. The van der Waals surface area contributed by atoms with Gasteiger partial charge in [0.15, 0.2) is 9.76 Å². The minimum atomic E-state index is -0.422. The average molecular weight is 374 g/mol. The summed E-state index contributed by atoms with van der Waals surface area (Å²) in [6, 6.07) is 0. The molecule has 0 aromatic rings. The van der Waals surface area contributed by atoms with E-state index in [0.29, 0.717) is 6.10 Å². The molecule has 0 aromatic carbocycles. The minimum Gasteiger partial charge on any atom is -0.420 e. The zero-order valence-electron chi connectivity index (χ0n) is 18.2. The lowest BCUT2D eigenvalue weighted by atomic mass is 10.2. The van der Waals surface area contributed by atoms with Gasteiger partial charge in [-0.1, -0.05) is 41.5 Å². The maximum atomic E-state index is 6.19. The molecule has 5 heteroatoms. The van der Waals surface area contributed by atoms with Crippen molar-refractivity contribution in [3.05, 3.63) is 0 Å². The highest BCUT2D eigenvalue weighted by molar-refractivity contribution is 6.27. The molecule has 0 heterocycles. The summed E-state index contributed by atoms with van der Waals surface area (Å²) in [5, 5.41) is 0. The zero-order chi connectivity index (χ0) is 18.9. The quantitative estimate of drug-likeness (QED) is 0.344. The lowest BCUT2D eigenvalue weighted by molar-refractivity contribution is 0.187. The van der Waals surface area contributed by atoms with Crippen molar-refractivity contribution in [1.29, 1.82) is 0 Å². The van der Waals surface area contributed by atoms with Gasteiger partial charge in [-0.15, -0.1) is 0 Å². The van der Waals surface area contributed by atoms with E-state index in [1.54, 1.807) is 0 Å². The number of hydrogen-bond donors (Lipinski definition) is 0. The third-order valence-corrected chi connectivity index (χ3v) is 6.88. The standard InChI is InChI=1S/C20H47N3OSi/c1-7-20(8-2)24-25-19-23(17-13-15-21(9-3)10-4)18-14-16-22(11-5)12-6/h20H,7-19,25H2,1-6H3. The van der Waals surface area contributed by atoms with Gasteiger partial charge < -0.3 is 19.1 Å². The SMILES string of the molecule is CCC(CC)O[SiH2]CN(CCCN(CC)CC)CCCN(CC)CC. The fourth-order valence-corrected chi connectivity index (χ4v) is 4.94. The molecule has 0 aliphatic heterocycles. The van der Waals surface area contributed by atoms with Crippen molar-refractivity contribution in [1.82, 2.24) is 14.7 Å². The molecule has 0 aliphatic carbocycles. The van der Waals surface area contributed by atoms with Crippen molar-refractivity contribution in [2.45, 2.75) is 73.3 Å². The molecule has 0 aliphatic rings. The van der Waals surface area contributed by atoms with Crippen LogP contribution in [0.25, 0.3) is 0 Å². The molecule has 0 aromatic heterocycles. The molecule has 25 heavy (non-hydrogen) atoms. The van der Waals surface area contributed by atoms with Crippen LogP contribution in [0.3, 0.4) is 0 Å². The molecule has 0 amide bonds. The molecule has 0 unspecified atom stereocenters. The molecule has 0 bridgehead atoms. The van der Waals surface area contributed by atoms with Gasteiger partial charge in [0, 0.05) is 12.3 Å². The summed E-state index contributed by atoms with van der Waals surface area (Å²) >= 11 is 0. The van der Waals surface area contributed by atoms with E-state index in [9.17, 15) is 0 Å². The van der Waals surface area contributed by atoms with Gasteiger partial charge >= 0.3 is 0 Å². The van der Waals surface area contributed by atoms with Crippen molar-refractivity contribution in [2.24, 2.45) is 0 Å². The topological polar surface area (TPSA) is 19.0 Å². The molecule has 0 saturated carbocycles. The third kappa shape index (κ3) is 13.0. The Morgan fingerprint density at radius 3 is 1.40 bits per heavy atom. The van der Waals surface area contributed by atoms with Crippen LogP contribution in [-0.4, -0.2) is 89.1 Å². The largest absolute Gasteiger partial charge is 0.420 e. The van der Waals surface area contributed by atoms with E-state index in [4.69, 9.17) is 4.43 Å². The second-order valence-corrected chi connectivity index (χ2v) is 8.10. The first-order valence-corrected chi connectivity index (χ1v) is 12.5. The predicted molar refractivity (Wildman–Crippen MR) is 115 cm³/mol. The highest BCUT2D eigenvalue weighted by Gasteiger charge is 2.10. The molecule has 0 spiro atoms. The van der Waals surface area contributed by atoms with Crippen molar-refractivity contribution in [3.8, 4) is 0 Å². The highest BCUT2D eigenvalue weighted by Crippen LogP contribution is 2.03. The Labute approximate surface area is 161 Å². The Kier molecular flexibility index (Phi) is 17.5. The van der Waals surface area contributed by atoms with E-state index < -0.39 is 9.76 Å². The lowest BCUT2D eigenvalue weighted by Gasteiger charge is -2.26. The van der Waals surface area contributed by atoms with Gasteiger partial charge in [-0.05, 0) is 78.0 Å². The number of hydrogen-bond acceptors (Lipinski definition) is 4. The maximum absolute atomic E-state index is 6.19. The average Bonchev–Trinajstić information content (AvgIpc) is 2.65. The second-order valence-electron chi connectivity index (χ2n) is 6.91. The first-order valence-electron chi connectivity index (χ1n) is 10.9. The normalized spacial score (nSPS) is 12.7. The molecular weight excluding hydrogens is 326 g/mol. The van der Waals surface area contributed by atoms with Gasteiger partial charge in [0.1, 0.15) is 0 Å². The van der Waals surface area contributed by atoms with Crippen LogP contribution in [0, 0.1) is 0 Å². The molecule has 152 valence electrons. The number of nitrogens with zero attached hydrogens (tertiary/aromatic N) is 3. The van der Waals surface area contributed by atoms with Crippen LogP contribution in [-0.2, 0) is 4.43 Å². The predicted octanol–water partition coefficient (Wildman–Crippen LogP) is 3.00. The monoisotopic (exact) mass is 373 g/mol. The van der Waals surface area contributed by atoms with Crippen LogP contribution < -0.4 is 0 Å². The van der Waals surface area contributed by atoms with Gasteiger partial charge in [0.2, 0.25) is 0 Å². The second kappa shape index (κ2) is 17.5. The van der Waals surface area contributed by atoms with Gasteiger partial charge in [0.05, 0.1) is 0 Å². The Bertz CT molecular complexity index is 227. The lowest BCUT2D eigenvalue weighted by Crippen LogP contribution is -2.36. The van der Waals surface area contributed by atoms with Crippen molar-refractivity contribution >= 4 is 9.76 Å². The Morgan fingerprint density at radius 2 is 1.04 bits per heavy atom. The van der Waals surface area contributed by atoms with Crippen molar-refractivity contribution in [2.75, 3.05) is 58.5 Å². The first-order chi connectivity index (χ1) is 12.1. The minimum absolute atomic E-state index is 0.422. The van der Waals surface area contributed by atoms with Crippen LogP contribution in [0.4, 0.5) is 0 Å². The van der Waals surface area contributed by atoms with E-state index in [0.717, 1.165) is 12.8 Å². The van der Waals surface area contributed by atoms with E-state index in [1.807, 2.05) is 0 Å². The molecule has 0 rings (SSSR count). The maximum Gasteiger partial charge on any atom is 0.175 e. The summed E-state index contributed by atoms with van der Waals surface area (Å²) in [4.78, 5) is 7.75. The number of rotatable bonds is 18. The first kappa shape index (κ1) is 25.1. The molecule has 0 atom stereocenters. The summed E-state index contributed by atoms with van der Waals surface area (Å²) in [5.74, 6) is 0. The van der Waals surface area contributed by atoms with Gasteiger partial charge in [0.25, 0.3) is 0 Å². The van der Waals surface area contributed by atoms with E-state index in [-0.39, 0.29) is 0 Å². The summed E-state index contributed by atoms with van der Waals surface area (Å²) in [6.45, 7) is 23.2. The van der Waals surface area contributed by atoms with E-state index >= 15 is 0 Å². The molecule has 4 nitrogen and oxygen atoms in total. The van der Waals surface area contributed by atoms with Crippen molar-refractivity contribution in [3.63, 3.8) is 0 Å². The summed E-state index contributed by atoms with van der Waals surface area (Å²) < 4.78 is 6.19. The Hall–Kier alpha value is 0.0569. The van der Waals surface area contributed by atoms with Gasteiger partial charge in [-0.2, -0.15) is 0 Å². The smallest absolute Gasteiger partial charge is 0.175 e. The molecule has 0 saturated heterocycles. The van der Waals surface area contributed by atoms with Crippen LogP contribution in [0.2, 0.25) is 0 Å². The Balaban J connectivity index is 4.24. The molecule has 0 N–H and O–H groups in total. The fourth-order valence-electron chi connectivity index (χ4n) is 3.32. The van der Waals surface area contributed by atoms with Crippen LogP contribution in [0.5, 0.6) is 0 Å². The van der Waals surface area contributed by atoms with Crippen LogP contribution in [0.1, 0.15) is 67.2 Å². The Morgan fingerprint density at radius 1 is 0.640 bits per heavy atom. The highest BCUT2D eigenvalue weighted by atomic mass is 28.2. The van der Waals surface area contributed by atoms with Gasteiger partial charge in [-0.25, -0.2) is 0 Å². The van der Waals surface area contributed by atoms with Crippen LogP contribution in [0.15, 0.2) is 0 Å². The summed E-state index contributed by atoms with van der Waals surface area (Å²) in [7, 11) is -0.422. The molecule has 0 radical (unpaired) electrons.